The van der Waals surface area contributed by atoms with Gasteiger partial charge in [-0.15, -0.1) is 0 Å². The summed E-state index contributed by atoms with van der Waals surface area (Å²) in [6.45, 7) is 2.12. The summed E-state index contributed by atoms with van der Waals surface area (Å²) < 4.78 is 0. The molecule has 3 heteroatoms. The minimum atomic E-state index is 0.283. The Labute approximate surface area is 140 Å². The number of allylic oxidation sites excluding steroid dienone is 2. The summed E-state index contributed by atoms with van der Waals surface area (Å²) in [4.78, 5) is 0. The van der Waals surface area contributed by atoms with Crippen molar-refractivity contribution in [2.24, 2.45) is 5.92 Å². The van der Waals surface area contributed by atoms with Gasteiger partial charge in [0.25, 0.3) is 0 Å². The SMILES string of the molecule is Cc1cc(Cl)cc2c1N[C@H](c1cccc(Cl)c1)[C@@H]1CC=C[C@@H]21. The van der Waals surface area contributed by atoms with Gasteiger partial charge < -0.3 is 5.32 Å². The highest BCUT2D eigenvalue weighted by molar-refractivity contribution is 6.31. The van der Waals surface area contributed by atoms with Crippen molar-refractivity contribution >= 4 is 28.9 Å². The van der Waals surface area contributed by atoms with E-state index in [0.29, 0.717) is 11.8 Å². The molecular weight excluding hydrogens is 313 g/mol. The molecule has 0 saturated carbocycles. The predicted octanol–water partition coefficient (Wildman–Crippen LogP) is 6.13. The second-order valence-corrected chi connectivity index (χ2v) is 7.09. The fraction of sp³-hybridized carbons (Fsp3) is 0.263. The number of benzene rings is 2. The molecule has 0 radical (unpaired) electrons. The van der Waals surface area contributed by atoms with Crippen molar-refractivity contribution in [3.8, 4) is 0 Å². The Morgan fingerprint density at radius 3 is 2.77 bits per heavy atom. The maximum absolute atomic E-state index is 6.28. The first-order valence-corrected chi connectivity index (χ1v) is 8.38. The van der Waals surface area contributed by atoms with E-state index < -0.39 is 0 Å². The van der Waals surface area contributed by atoms with Crippen LogP contribution in [0.2, 0.25) is 10.0 Å². The molecule has 0 spiro atoms. The van der Waals surface area contributed by atoms with Crippen LogP contribution < -0.4 is 5.32 Å². The van der Waals surface area contributed by atoms with Gasteiger partial charge in [0.2, 0.25) is 0 Å². The van der Waals surface area contributed by atoms with Crippen molar-refractivity contribution in [1.29, 1.82) is 0 Å². The van der Waals surface area contributed by atoms with E-state index in [1.165, 1.54) is 22.4 Å². The van der Waals surface area contributed by atoms with Crippen molar-refractivity contribution < 1.29 is 0 Å². The summed E-state index contributed by atoms with van der Waals surface area (Å²) >= 11 is 12.5. The van der Waals surface area contributed by atoms with Gasteiger partial charge in [0.05, 0.1) is 6.04 Å². The van der Waals surface area contributed by atoms with Crippen LogP contribution in [0.5, 0.6) is 0 Å². The summed E-state index contributed by atoms with van der Waals surface area (Å²) in [7, 11) is 0. The fourth-order valence-electron chi connectivity index (χ4n) is 3.87. The molecule has 1 N–H and O–H groups in total. The first-order chi connectivity index (χ1) is 10.6. The molecule has 22 heavy (non-hydrogen) atoms. The van der Waals surface area contributed by atoms with Gasteiger partial charge in [0.15, 0.2) is 0 Å². The molecule has 3 atom stereocenters. The molecule has 1 aliphatic heterocycles. The van der Waals surface area contributed by atoms with Gasteiger partial charge >= 0.3 is 0 Å². The number of hydrogen-bond donors (Lipinski definition) is 1. The third-order valence-electron chi connectivity index (χ3n) is 4.84. The van der Waals surface area contributed by atoms with Gasteiger partial charge in [0.1, 0.15) is 0 Å². The average molecular weight is 330 g/mol. The molecular formula is C19H17Cl2N. The minimum absolute atomic E-state index is 0.283. The number of anilines is 1. The molecule has 1 nitrogen and oxygen atoms in total. The van der Waals surface area contributed by atoms with Crippen LogP contribution in [0, 0.1) is 12.8 Å². The largest absolute Gasteiger partial charge is 0.377 e. The first-order valence-electron chi connectivity index (χ1n) is 7.62. The lowest BCUT2D eigenvalue weighted by atomic mass is 9.76. The molecule has 0 bridgehead atoms. The third-order valence-corrected chi connectivity index (χ3v) is 5.29. The van der Waals surface area contributed by atoms with Crippen molar-refractivity contribution in [3.63, 3.8) is 0 Å². The van der Waals surface area contributed by atoms with Crippen LogP contribution in [0.15, 0.2) is 48.6 Å². The van der Waals surface area contributed by atoms with E-state index in [4.69, 9.17) is 23.2 Å². The maximum atomic E-state index is 6.28. The molecule has 0 saturated heterocycles. The van der Waals surface area contributed by atoms with Crippen LogP contribution in [-0.2, 0) is 0 Å². The second-order valence-electron chi connectivity index (χ2n) is 6.22. The number of rotatable bonds is 1. The lowest BCUT2D eigenvalue weighted by Gasteiger charge is -2.38. The fourth-order valence-corrected chi connectivity index (χ4v) is 4.35. The molecule has 0 unspecified atom stereocenters. The van der Waals surface area contributed by atoms with E-state index in [9.17, 15) is 0 Å². The monoisotopic (exact) mass is 329 g/mol. The number of aryl methyl sites for hydroxylation is 1. The highest BCUT2D eigenvalue weighted by atomic mass is 35.5. The van der Waals surface area contributed by atoms with Crippen LogP contribution in [-0.4, -0.2) is 0 Å². The van der Waals surface area contributed by atoms with Crippen LogP contribution in [0.3, 0.4) is 0 Å². The topological polar surface area (TPSA) is 12.0 Å². The Bertz CT molecular complexity index is 766. The Morgan fingerprint density at radius 1 is 1.09 bits per heavy atom. The molecule has 0 aromatic heterocycles. The first kappa shape index (κ1) is 14.2. The van der Waals surface area contributed by atoms with Crippen molar-refractivity contribution in [2.45, 2.75) is 25.3 Å². The molecule has 2 aromatic carbocycles. The van der Waals surface area contributed by atoms with E-state index in [-0.39, 0.29) is 6.04 Å². The zero-order chi connectivity index (χ0) is 15.3. The van der Waals surface area contributed by atoms with Gasteiger partial charge in [-0.2, -0.15) is 0 Å². The van der Waals surface area contributed by atoms with Crippen molar-refractivity contribution in [3.05, 3.63) is 75.3 Å². The average Bonchev–Trinajstić information content (AvgIpc) is 2.96. The van der Waals surface area contributed by atoms with Crippen LogP contribution >= 0.6 is 23.2 Å². The molecule has 1 heterocycles. The van der Waals surface area contributed by atoms with Gasteiger partial charge in [-0.3, -0.25) is 0 Å². The third kappa shape index (κ3) is 2.24. The zero-order valence-electron chi connectivity index (χ0n) is 12.3. The predicted molar refractivity (Wildman–Crippen MR) is 94.0 cm³/mol. The summed E-state index contributed by atoms with van der Waals surface area (Å²) in [5.74, 6) is 0.946. The Balaban J connectivity index is 1.84. The van der Waals surface area contributed by atoms with E-state index in [1.54, 1.807) is 0 Å². The molecule has 0 fully saturated rings. The van der Waals surface area contributed by atoms with E-state index in [1.807, 2.05) is 18.2 Å². The standard InChI is InChI=1S/C19H17Cl2N/c1-11-8-14(21)10-17-15-6-3-7-16(15)19(22-18(11)17)12-4-2-5-13(20)9-12/h2-6,8-10,15-16,19,22H,7H2,1H3/t15-,16-,19-/m1/s1. The van der Waals surface area contributed by atoms with Gasteiger partial charge in [-0.25, -0.2) is 0 Å². The number of hydrogen-bond acceptors (Lipinski definition) is 1. The van der Waals surface area contributed by atoms with Crippen LogP contribution in [0.1, 0.15) is 35.1 Å². The van der Waals surface area contributed by atoms with Gasteiger partial charge in [0, 0.05) is 21.7 Å². The lowest BCUT2D eigenvalue weighted by Crippen LogP contribution is -2.29. The summed E-state index contributed by atoms with van der Waals surface area (Å²) in [6, 6.07) is 12.6. The van der Waals surface area contributed by atoms with E-state index in [0.717, 1.165) is 16.5 Å². The van der Waals surface area contributed by atoms with Gasteiger partial charge in [-0.05, 0) is 60.2 Å². The number of fused-ring (bicyclic) bond motifs is 3. The number of nitrogens with one attached hydrogen (secondary N) is 1. The Hall–Kier alpha value is -1.44. The summed E-state index contributed by atoms with van der Waals surface area (Å²) in [5, 5.41) is 5.36. The van der Waals surface area contributed by atoms with Crippen molar-refractivity contribution in [2.75, 3.05) is 5.32 Å². The zero-order valence-corrected chi connectivity index (χ0v) is 13.8. The summed E-state index contributed by atoms with van der Waals surface area (Å²) in [5.41, 5.74) is 5.00. The summed E-state index contributed by atoms with van der Waals surface area (Å²) in [6.07, 6.45) is 5.71. The minimum Gasteiger partial charge on any atom is -0.377 e. The van der Waals surface area contributed by atoms with Crippen LogP contribution in [0.25, 0.3) is 0 Å². The molecule has 4 rings (SSSR count). The molecule has 0 amide bonds. The van der Waals surface area contributed by atoms with E-state index in [2.05, 4.69) is 42.6 Å². The number of halogens is 2. The highest BCUT2D eigenvalue weighted by Crippen LogP contribution is 2.51. The molecule has 112 valence electrons. The van der Waals surface area contributed by atoms with E-state index >= 15 is 0 Å². The quantitative estimate of drug-likeness (QED) is 0.620. The maximum Gasteiger partial charge on any atom is 0.0554 e. The second kappa shape index (κ2) is 5.33. The highest BCUT2D eigenvalue weighted by Gasteiger charge is 2.38. The Kier molecular flexibility index (Phi) is 3.43. The molecule has 2 aromatic rings. The van der Waals surface area contributed by atoms with Gasteiger partial charge in [-0.1, -0.05) is 47.5 Å². The molecule has 2 aliphatic rings. The van der Waals surface area contributed by atoms with Crippen LogP contribution in [0.4, 0.5) is 5.69 Å². The lowest BCUT2D eigenvalue weighted by molar-refractivity contribution is 0.425. The smallest absolute Gasteiger partial charge is 0.0554 e. The Morgan fingerprint density at radius 2 is 1.95 bits per heavy atom. The molecule has 1 aliphatic carbocycles. The normalized spacial score (nSPS) is 25.5. The van der Waals surface area contributed by atoms with Crippen molar-refractivity contribution in [1.82, 2.24) is 0 Å².